The molecule has 3 N–H and O–H groups in total. The largest absolute Gasteiger partial charge is 0.492 e. The van der Waals surface area contributed by atoms with Crippen molar-refractivity contribution in [3.05, 3.63) is 33.9 Å². The lowest BCUT2D eigenvalue weighted by Gasteiger charge is -2.30. The molecule has 0 spiro atoms. The number of anilines is 1. The van der Waals surface area contributed by atoms with Crippen LogP contribution in [0.2, 0.25) is 0 Å². The molecule has 1 aromatic carbocycles. The van der Waals surface area contributed by atoms with Gasteiger partial charge in [-0.1, -0.05) is 13.8 Å². The van der Waals surface area contributed by atoms with Gasteiger partial charge in [0.2, 0.25) is 5.43 Å². The van der Waals surface area contributed by atoms with Gasteiger partial charge in [0.15, 0.2) is 17.9 Å². The van der Waals surface area contributed by atoms with Gasteiger partial charge in [-0.2, -0.15) is 0 Å². The molecule has 162 valence electrons. The van der Waals surface area contributed by atoms with E-state index in [1.807, 2.05) is 6.92 Å². The summed E-state index contributed by atoms with van der Waals surface area (Å²) in [7, 11) is 1.38. The van der Waals surface area contributed by atoms with E-state index in [0.29, 0.717) is 12.1 Å². The summed E-state index contributed by atoms with van der Waals surface area (Å²) in [5, 5.41) is 29.1. The maximum atomic E-state index is 15.3. The molecule has 2 heterocycles. The monoisotopic (exact) mass is 420 g/mol. The molecule has 1 aromatic heterocycles. The van der Waals surface area contributed by atoms with Gasteiger partial charge in [-0.25, -0.2) is 9.18 Å². The SMILES string of the molecule is COc1c(N2CC(C)C(C)(C(O)O)C2)c(F)cc2c(=O)c(C(=O)O)cn(C3CC3)c12. The first-order valence-corrected chi connectivity index (χ1v) is 9.89. The molecule has 0 radical (unpaired) electrons. The summed E-state index contributed by atoms with van der Waals surface area (Å²) in [6.45, 7) is 4.15. The van der Waals surface area contributed by atoms with Crippen LogP contribution in [-0.2, 0) is 0 Å². The molecule has 2 fully saturated rings. The summed E-state index contributed by atoms with van der Waals surface area (Å²) in [5.74, 6) is -2.07. The number of carbonyl (C=O) groups is 1. The second-order valence-corrected chi connectivity index (χ2v) is 8.61. The van der Waals surface area contributed by atoms with Gasteiger partial charge in [-0.15, -0.1) is 0 Å². The number of carboxylic acids is 1. The quantitative estimate of drug-likeness (QED) is 0.634. The lowest BCUT2D eigenvalue weighted by atomic mass is 9.80. The molecule has 4 rings (SSSR count). The van der Waals surface area contributed by atoms with E-state index >= 15 is 4.39 Å². The minimum Gasteiger partial charge on any atom is -0.492 e. The normalized spacial score (nSPS) is 24.1. The molecule has 1 saturated heterocycles. The van der Waals surface area contributed by atoms with Crippen LogP contribution in [0.25, 0.3) is 10.9 Å². The Morgan fingerprint density at radius 1 is 1.37 bits per heavy atom. The number of fused-ring (bicyclic) bond motifs is 1. The number of nitrogens with zero attached hydrogens (tertiary/aromatic N) is 2. The number of rotatable bonds is 5. The van der Waals surface area contributed by atoms with Crippen LogP contribution in [0.15, 0.2) is 17.1 Å². The Hall–Kier alpha value is -2.65. The van der Waals surface area contributed by atoms with Crippen LogP contribution in [0.5, 0.6) is 5.75 Å². The number of carboxylic acid groups (broad SMARTS) is 1. The highest BCUT2D eigenvalue weighted by molar-refractivity contribution is 5.97. The van der Waals surface area contributed by atoms with E-state index in [2.05, 4.69) is 0 Å². The fourth-order valence-corrected chi connectivity index (χ4v) is 4.40. The molecule has 8 nitrogen and oxygen atoms in total. The number of aliphatic hydroxyl groups excluding tert-OH is 1. The molecule has 0 amide bonds. The zero-order valence-corrected chi connectivity index (χ0v) is 17.1. The van der Waals surface area contributed by atoms with Crippen LogP contribution in [0.4, 0.5) is 10.1 Å². The summed E-state index contributed by atoms with van der Waals surface area (Å²) >= 11 is 0. The standard InChI is InChI=1S/C21H25FN2O6/c1-10-7-23(9-21(10,2)20(28)29)16-14(22)6-12-15(18(16)30-3)24(11-4-5-11)8-13(17(12)25)19(26)27/h6,8,10-11,20,28-29H,4-5,7,9H2,1-3H3,(H,26,27). The Morgan fingerprint density at radius 2 is 2.03 bits per heavy atom. The van der Waals surface area contributed by atoms with Gasteiger partial charge in [-0.05, 0) is 24.8 Å². The molecule has 2 aromatic rings. The molecule has 2 aliphatic rings. The first kappa shape index (κ1) is 20.6. The second kappa shape index (κ2) is 6.95. The zero-order valence-electron chi connectivity index (χ0n) is 17.1. The van der Waals surface area contributed by atoms with Crippen LogP contribution in [0.1, 0.15) is 43.1 Å². The van der Waals surface area contributed by atoms with E-state index in [0.717, 1.165) is 18.9 Å². The van der Waals surface area contributed by atoms with Crippen molar-refractivity contribution in [2.45, 2.75) is 39.0 Å². The smallest absolute Gasteiger partial charge is 0.341 e. The topological polar surface area (TPSA) is 112 Å². The molecule has 2 unspecified atom stereocenters. The number of aliphatic hydroxyl groups is 2. The summed E-state index contributed by atoms with van der Waals surface area (Å²) in [5.41, 5.74) is -1.54. The molecule has 2 atom stereocenters. The minimum absolute atomic E-state index is 0.0143. The average Bonchev–Trinajstić information content (AvgIpc) is 3.47. The van der Waals surface area contributed by atoms with Gasteiger partial charge in [-0.3, -0.25) is 4.79 Å². The number of methoxy groups -OCH3 is 1. The van der Waals surface area contributed by atoms with E-state index < -0.39 is 34.5 Å². The number of aromatic nitrogens is 1. The summed E-state index contributed by atoms with van der Waals surface area (Å²) in [4.78, 5) is 26.0. The molecule has 1 aliphatic heterocycles. The third-order valence-electron chi connectivity index (χ3n) is 6.63. The third-order valence-corrected chi connectivity index (χ3v) is 6.63. The van der Waals surface area contributed by atoms with Crippen molar-refractivity contribution in [1.29, 1.82) is 0 Å². The summed E-state index contributed by atoms with van der Waals surface area (Å²) < 4.78 is 22.6. The Labute approximate surface area is 172 Å². The molecule has 0 bridgehead atoms. The Bertz CT molecular complexity index is 1090. The van der Waals surface area contributed by atoms with Gasteiger partial charge in [0.1, 0.15) is 11.3 Å². The minimum atomic E-state index is -1.57. The van der Waals surface area contributed by atoms with E-state index in [1.54, 1.807) is 16.4 Å². The van der Waals surface area contributed by atoms with Crippen LogP contribution >= 0.6 is 0 Å². The van der Waals surface area contributed by atoms with Crippen molar-refractivity contribution in [3.8, 4) is 5.75 Å². The summed E-state index contributed by atoms with van der Waals surface area (Å²) in [6, 6.07) is 1.08. The third kappa shape index (κ3) is 2.95. The van der Waals surface area contributed by atoms with Crippen molar-refractivity contribution in [2.75, 3.05) is 25.1 Å². The average molecular weight is 420 g/mol. The second-order valence-electron chi connectivity index (χ2n) is 8.61. The maximum Gasteiger partial charge on any atom is 0.341 e. The van der Waals surface area contributed by atoms with Gasteiger partial charge in [0, 0.05) is 30.7 Å². The van der Waals surface area contributed by atoms with Crippen molar-refractivity contribution in [3.63, 3.8) is 0 Å². The van der Waals surface area contributed by atoms with Gasteiger partial charge in [0.05, 0.1) is 18.0 Å². The number of aromatic carboxylic acids is 1. The lowest BCUT2D eigenvalue weighted by Crippen LogP contribution is -2.38. The molecule has 30 heavy (non-hydrogen) atoms. The maximum absolute atomic E-state index is 15.3. The van der Waals surface area contributed by atoms with E-state index in [-0.39, 0.29) is 35.3 Å². The predicted molar refractivity (Wildman–Crippen MR) is 108 cm³/mol. The lowest BCUT2D eigenvalue weighted by molar-refractivity contribution is -0.133. The first-order chi connectivity index (χ1) is 14.1. The fourth-order valence-electron chi connectivity index (χ4n) is 4.40. The van der Waals surface area contributed by atoms with Crippen molar-refractivity contribution in [2.24, 2.45) is 11.3 Å². The van der Waals surface area contributed by atoms with Crippen LogP contribution in [0, 0.1) is 17.2 Å². The highest BCUT2D eigenvalue weighted by Crippen LogP contribution is 2.47. The Morgan fingerprint density at radius 3 is 2.53 bits per heavy atom. The van der Waals surface area contributed by atoms with Gasteiger partial charge < -0.3 is 29.5 Å². The Balaban J connectivity index is 1.98. The zero-order chi connectivity index (χ0) is 22.0. The highest BCUT2D eigenvalue weighted by atomic mass is 19.1. The van der Waals surface area contributed by atoms with Crippen molar-refractivity contribution >= 4 is 22.6 Å². The molecular formula is C21H25FN2O6. The van der Waals surface area contributed by atoms with Gasteiger partial charge >= 0.3 is 5.97 Å². The van der Waals surface area contributed by atoms with Crippen LogP contribution in [-0.4, -0.2) is 52.3 Å². The first-order valence-electron chi connectivity index (χ1n) is 9.89. The highest BCUT2D eigenvalue weighted by Gasteiger charge is 2.46. The molecule has 9 heteroatoms. The number of benzene rings is 1. The number of hydrogen-bond acceptors (Lipinski definition) is 6. The molecular weight excluding hydrogens is 395 g/mol. The van der Waals surface area contributed by atoms with Crippen molar-refractivity contribution in [1.82, 2.24) is 4.57 Å². The van der Waals surface area contributed by atoms with Crippen molar-refractivity contribution < 1.29 is 29.2 Å². The van der Waals surface area contributed by atoms with E-state index in [4.69, 9.17) is 4.74 Å². The van der Waals surface area contributed by atoms with Crippen LogP contribution in [0.3, 0.4) is 0 Å². The molecule has 1 aliphatic carbocycles. The fraction of sp³-hybridized carbons (Fsp3) is 0.524. The molecule has 1 saturated carbocycles. The van der Waals surface area contributed by atoms with Crippen LogP contribution < -0.4 is 15.1 Å². The number of ether oxygens (including phenoxy) is 1. The van der Waals surface area contributed by atoms with E-state index in [9.17, 15) is 24.9 Å². The number of pyridine rings is 1. The Kier molecular flexibility index (Phi) is 4.78. The van der Waals surface area contributed by atoms with Gasteiger partial charge in [0.25, 0.3) is 0 Å². The summed E-state index contributed by atoms with van der Waals surface area (Å²) in [6.07, 6.45) is 1.38. The van der Waals surface area contributed by atoms with E-state index in [1.165, 1.54) is 13.3 Å². The predicted octanol–water partition coefficient (Wildman–Crippen LogP) is 1.96. The number of halogens is 1. The number of hydrogen-bond donors (Lipinski definition) is 3.